The normalized spacial score (nSPS) is 11.8. The van der Waals surface area contributed by atoms with Crippen LogP contribution in [0.3, 0.4) is 0 Å². The summed E-state index contributed by atoms with van der Waals surface area (Å²) in [4.78, 5) is 39.5. The van der Waals surface area contributed by atoms with E-state index >= 15 is 0 Å². The van der Waals surface area contributed by atoms with E-state index in [0.717, 1.165) is 4.90 Å². The third kappa shape index (κ3) is 8.48. The van der Waals surface area contributed by atoms with Crippen LogP contribution in [0.15, 0.2) is 114 Å². The smallest absolute Gasteiger partial charge is 0.272 e. The van der Waals surface area contributed by atoms with Crippen LogP contribution in [0.5, 0.6) is 0 Å². The van der Waals surface area contributed by atoms with E-state index in [9.17, 15) is 14.4 Å². The molecule has 4 aromatic rings. The fourth-order valence-electron chi connectivity index (χ4n) is 3.56. The van der Waals surface area contributed by atoms with Crippen molar-refractivity contribution < 1.29 is 14.4 Å². The van der Waals surface area contributed by atoms with Crippen LogP contribution in [0.4, 0.5) is 11.4 Å². The molecule has 3 N–H and O–H groups in total. The van der Waals surface area contributed by atoms with E-state index in [2.05, 4.69) is 16.0 Å². The largest absolute Gasteiger partial charge is 0.325 e. The van der Waals surface area contributed by atoms with Gasteiger partial charge in [0.25, 0.3) is 11.8 Å². The van der Waals surface area contributed by atoms with Crippen molar-refractivity contribution >= 4 is 70.1 Å². The number of halogens is 2. The molecule has 0 aliphatic heterocycles. The number of hydrogen-bond acceptors (Lipinski definition) is 4. The minimum absolute atomic E-state index is 0.0575. The predicted molar refractivity (Wildman–Crippen MR) is 164 cm³/mol. The zero-order chi connectivity index (χ0) is 28.5. The SMILES string of the molecule is CC(Sc1ccc(NC(=O)/C(=C/c2cccc(Cl)c2)NC(=O)c2ccccc2)cc1)C(=O)Nc1ccc(Cl)cc1. The van der Waals surface area contributed by atoms with E-state index in [1.807, 2.05) is 19.1 Å². The maximum absolute atomic E-state index is 13.2. The van der Waals surface area contributed by atoms with Crippen LogP contribution >= 0.6 is 35.0 Å². The van der Waals surface area contributed by atoms with Crippen molar-refractivity contribution in [2.24, 2.45) is 0 Å². The number of nitrogens with one attached hydrogen (secondary N) is 3. The minimum Gasteiger partial charge on any atom is -0.325 e. The summed E-state index contributed by atoms with van der Waals surface area (Å²) in [5.41, 5.74) is 2.33. The Morgan fingerprint density at radius 1 is 0.750 bits per heavy atom. The van der Waals surface area contributed by atoms with Gasteiger partial charge in [0, 0.05) is 31.9 Å². The molecular weight excluding hydrogens is 565 g/mol. The van der Waals surface area contributed by atoms with Crippen LogP contribution in [0.2, 0.25) is 10.0 Å². The van der Waals surface area contributed by atoms with Crippen LogP contribution in [0.1, 0.15) is 22.8 Å². The number of carbonyl (C=O) groups is 3. The third-order valence-corrected chi connectivity index (χ3v) is 7.19. The standard InChI is InChI=1S/C31H25Cl2N3O3S/c1-20(29(37)34-25-12-10-23(32)11-13-25)40-27-16-14-26(15-17-27)35-31(39)28(19-21-6-5-9-24(33)18-21)36-30(38)22-7-3-2-4-8-22/h2-20H,1H3,(H,34,37)(H,35,39)(H,36,38)/b28-19-. The van der Waals surface area contributed by atoms with Gasteiger partial charge in [0.1, 0.15) is 5.70 Å². The molecule has 1 atom stereocenters. The van der Waals surface area contributed by atoms with Gasteiger partial charge in [0.2, 0.25) is 5.91 Å². The molecule has 0 aliphatic carbocycles. The van der Waals surface area contributed by atoms with Crippen molar-refractivity contribution in [3.63, 3.8) is 0 Å². The van der Waals surface area contributed by atoms with Crippen molar-refractivity contribution in [2.45, 2.75) is 17.1 Å². The number of anilines is 2. The Balaban J connectivity index is 1.42. The Kier molecular flexibility index (Phi) is 10.0. The maximum Gasteiger partial charge on any atom is 0.272 e. The molecule has 0 heterocycles. The summed E-state index contributed by atoms with van der Waals surface area (Å²) in [5.74, 6) is -1.06. The fraction of sp³-hybridized carbons (Fsp3) is 0.0645. The predicted octanol–water partition coefficient (Wildman–Crippen LogP) is 7.52. The Bertz CT molecular complexity index is 1530. The van der Waals surface area contributed by atoms with E-state index in [4.69, 9.17) is 23.2 Å². The van der Waals surface area contributed by atoms with Gasteiger partial charge in [0.15, 0.2) is 0 Å². The molecule has 0 aromatic heterocycles. The minimum atomic E-state index is -0.500. The molecule has 6 nitrogen and oxygen atoms in total. The van der Waals surface area contributed by atoms with Gasteiger partial charge < -0.3 is 16.0 Å². The first-order chi connectivity index (χ1) is 19.3. The van der Waals surface area contributed by atoms with Crippen molar-refractivity contribution in [1.29, 1.82) is 0 Å². The molecule has 0 saturated carbocycles. The zero-order valence-corrected chi connectivity index (χ0v) is 23.7. The highest BCUT2D eigenvalue weighted by Gasteiger charge is 2.17. The summed E-state index contributed by atoms with van der Waals surface area (Å²) in [6, 6.07) is 29.6. The van der Waals surface area contributed by atoms with Crippen LogP contribution in [-0.2, 0) is 9.59 Å². The lowest BCUT2D eigenvalue weighted by Gasteiger charge is -2.13. The summed E-state index contributed by atoms with van der Waals surface area (Å²) in [6.07, 6.45) is 1.56. The van der Waals surface area contributed by atoms with Crippen LogP contribution in [0, 0.1) is 0 Å². The summed E-state index contributed by atoms with van der Waals surface area (Å²) < 4.78 is 0. The highest BCUT2D eigenvalue weighted by molar-refractivity contribution is 8.00. The first-order valence-corrected chi connectivity index (χ1v) is 13.9. The topological polar surface area (TPSA) is 87.3 Å². The average molecular weight is 591 g/mol. The molecule has 3 amide bonds. The summed E-state index contributed by atoms with van der Waals surface area (Å²) >= 11 is 13.4. The lowest BCUT2D eigenvalue weighted by Crippen LogP contribution is -2.30. The second-order valence-corrected chi connectivity index (χ2v) is 11.0. The molecule has 202 valence electrons. The van der Waals surface area contributed by atoms with Gasteiger partial charge in [-0.05, 0) is 91.4 Å². The molecule has 9 heteroatoms. The van der Waals surface area contributed by atoms with Crippen molar-refractivity contribution in [1.82, 2.24) is 5.32 Å². The summed E-state index contributed by atoms with van der Waals surface area (Å²) in [5, 5.41) is 9.13. The Hall–Kier alpha value is -4.04. The van der Waals surface area contributed by atoms with Gasteiger partial charge >= 0.3 is 0 Å². The molecule has 0 radical (unpaired) electrons. The molecule has 1 unspecified atom stereocenters. The zero-order valence-electron chi connectivity index (χ0n) is 21.4. The number of hydrogen-bond donors (Lipinski definition) is 3. The first kappa shape index (κ1) is 29.0. The van der Waals surface area contributed by atoms with E-state index < -0.39 is 11.8 Å². The van der Waals surface area contributed by atoms with E-state index in [-0.39, 0.29) is 16.9 Å². The highest BCUT2D eigenvalue weighted by Crippen LogP contribution is 2.26. The monoisotopic (exact) mass is 589 g/mol. The quantitative estimate of drug-likeness (QED) is 0.139. The second-order valence-electron chi connectivity index (χ2n) is 8.67. The summed E-state index contributed by atoms with van der Waals surface area (Å²) in [6.45, 7) is 1.81. The van der Waals surface area contributed by atoms with E-state index in [0.29, 0.717) is 32.5 Å². The second kappa shape index (κ2) is 13.8. The Labute approximate surface area is 246 Å². The van der Waals surface area contributed by atoms with Gasteiger partial charge in [0.05, 0.1) is 5.25 Å². The Morgan fingerprint density at radius 3 is 2.08 bits per heavy atom. The molecule has 4 aromatic carbocycles. The van der Waals surface area contributed by atoms with Gasteiger partial charge in [-0.1, -0.05) is 53.5 Å². The average Bonchev–Trinajstić information content (AvgIpc) is 2.95. The van der Waals surface area contributed by atoms with Crippen molar-refractivity contribution in [3.8, 4) is 0 Å². The molecule has 0 saturated heterocycles. The fourth-order valence-corrected chi connectivity index (χ4v) is 4.75. The number of carbonyl (C=O) groups excluding carboxylic acids is 3. The number of thioether (sulfide) groups is 1. The highest BCUT2D eigenvalue weighted by atomic mass is 35.5. The lowest BCUT2D eigenvalue weighted by molar-refractivity contribution is -0.115. The number of amides is 3. The summed E-state index contributed by atoms with van der Waals surface area (Å²) in [7, 11) is 0. The molecule has 0 spiro atoms. The molecule has 0 bridgehead atoms. The van der Waals surface area contributed by atoms with Crippen LogP contribution in [0.25, 0.3) is 6.08 Å². The number of rotatable bonds is 9. The Morgan fingerprint density at radius 2 is 1.40 bits per heavy atom. The van der Waals surface area contributed by atoms with Gasteiger partial charge in [-0.15, -0.1) is 11.8 Å². The number of benzene rings is 4. The van der Waals surface area contributed by atoms with Gasteiger partial charge in [-0.2, -0.15) is 0 Å². The maximum atomic E-state index is 13.2. The third-order valence-electron chi connectivity index (χ3n) is 5.59. The van der Waals surface area contributed by atoms with Gasteiger partial charge in [-0.3, -0.25) is 14.4 Å². The molecular formula is C31H25Cl2N3O3S. The van der Waals surface area contributed by atoms with Crippen molar-refractivity contribution in [3.05, 3.63) is 130 Å². The van der Waals surface area contributed by atoms with Gasteiger partial charge in [-0.25, -0.2) is 0 Å². The molecule has 4 rings (SSSR count). The molecule has 0 fully saturated rings. The first-order valence-electron chi connectivity index (χ1n) is 12.2. The van der Waals surface area contributed by atoms with E-state index in [1.165, 1.54) is 11.8 Å². The van der Waals surface area contributed by atoms with Crippen LogP contribution < -0.4 is 16.0 Å². The molecule has 40 heavy (non-hydrogen) atoms. The molecule has 0 aliphatic rings. The lowest BCUT2D eigenvalue weighted by atomic mass is 10.1. The van der Waals surface area contributed by atoms with Crippen molar-refractivity contribution in [2.75, 3.05) is 10.6 Å². The van der Waals surface area contributed by atoms with E-state index in [1.54, 1.807) is 97.1 Å². The van der Waals surface area contributed by atoms with Crippen LogP contribution in [-0.4, -0.2) is 23.0 Å².